The predicted molar refractivity (Wildman–Crippen MR) is 91.4 cm³/mol. The summed E-state index contributed by atoms with van der Waals surface area (Å²) in [4.78, 5) is 15.8. The molecule has 0 spiro atoms. The van der Waals surface area contributed by atoms with Gasteiger partial charge in [-0.15, -0.1) is 0 Å². The number of carbonyl (C=O) groups is 1. The maximum Gasteiger partial charge on any atom is 0.246 e. The van der Waals surface area contributed by atoms with Crippen molar-refractivity contribution in [1.82, 2.24) is 4.90 Å². The Balaban J connectivity index is 2.25. The minimum absolute atomic E-state index is 0.169. The molecule has 6 nitrogen and oxygen atoms in total. The zero-order valence-electron chi connectivity index (χ0n) is 13.6. The zero-order chi connectivity index (χ0) is 17.2. The monoisotopic (exact) mass is 360 g/mol. The number of hydrogen-bond acceptors (Lipinski definition) is 3. The van der Waals surface area contributed by atoms with Gasteiger partial charge in [0.15, 0.2) is 0 Å². The Labute approximate surface area is 142 Å². The van der Waals surface area contributed by atoms with Gasteiger partial charge in [-0.05, 0) is 31.2 Å². The summed E-state index contributed by atoms with van der Waals surface area (Å²) in [6.45, 7) is 4.67. The van der Waals surface area contributed by atoms with Gasteiger partial charge in [0.1, 0.15) is 6.04 Å². The molecule has 1 heterocycles. The summed E-state index contributed by atoms with van der Waals surface area (Å²) in [5, 5.41) is 0.517. The average Bonchev–Trinajstić information content (AvgIpc) is 2.48. The van der Waals surface area contributed by atoms with Crippen LogP contribution in [0.2, 0.25) is 5.02 Å². The summed E-state index contributed by atoms with van der Waals surface area (Å²) in [6.07, 6.45) is 1.11. The van der Waals surface area contributed by atoms with E-state index < -0.39 is 16.1 Å². The number of anilines is 1. The van der Waals surface area contributed by atoms with Gasteiger partial charge < -0.3 is 9.80 Å². The predicted octanol–water partition coefficient (Wildman–Crippen LogP) is -0.149. The largest absolute Gasteiger partial charge is 0.334 e. The van der Waals surface area contributed by atoms with E-state index in [1.807, 2.05) is 0 Å². The van der Waals surface area contributed by atoms with Gasteiger partial charge in [-0.2, -0.15) is 0 Å². The number of amides is 1. The number of quaternary nitrogens is 1. The molecule has 128 valence electrons. The maximum atomic E-state index is 12.7. The van der Waals surface area contributed by atoms with Crippen LogP contribution >= 0.6 is 11.6 Å². The highest BCUT2D eigenvalue weighted by atomic mass is 35.5. The smallest absolute Gasteiger partial charge is 0.246 e. The molecule has 0 saturated carbocycles. The topological polar surface area (TPSA) is 62.1 Å². The third-order valence-electron chi connectivity index (χ3n) is 4.08. The molecule has 8 heteroatoms. The number of nitrogens with one attached hydrogen (secondary N) is 1. The molecular weight excluding hydrogens is 338 g/mol. The van der Waals surface area contributed by atoms with Crippen LogP contribution in [0.15, 0.2) is 24.3 Å². The van der Waals surface area contributed by atoms with E-state index in [2.05, 4.69) is 7.05 Å². The number of carbonyl (C=O) groups excluding carboxylic acids is 1. The molecule has 0 bridgehead atoms. The molecule has 1 aliphatic rings. The minimum atomic E-state index is -3.59. The molecule has 1 aromatic rings. The summed E-state index contributed by atoms with van der Waals surface area (Å²) in [5.74, 6) is -0.169. The number of hydrogen-bond donors (Lipinski definition) is 1. The van der Waals surface area contributed by atoms with Crippen LogP contribution in [0.3, 0.4) is 0 Å². The summed E-state index contributed by atoms with van der Waals surface area (Å²) in [6, 6.07) is 5.67. The standard InChI is InChI=1S/C15H22ClN3O3S/c1-12(15(20)18-10-8-17(2)9-11-18)19(23(3,21)22)14-6-4-13(16)5-7-14/h4-7,12H,8-11H2,1-3H3/p+1/t12-/m1/s1. The van der Waals surface area contributed by atoms with Crippen molar-refractivity contribution in [3.63, 3.8) is 0 Å². The summed E-state index contributed by atoms with van der Waals surface area (Å²) in [7, 11) is -1.50. The molecule has 0 radical (unpaired) electrons. The van der Waals surface area contributed by atoms with Crippen LogP contribution < -0.4 is 9.21 Å². The second-order valence-electron chi connectivity index (χ2n) is 5.99. The highest BCUT2D eigenvalue weighted by molar-refractivity contribution is 7.92. The van der Waals surface area contributed by atoms with Crippen LogP contribution in [0.1, 0.15) is 6.92 Å². The molecule has 23 heavy (non-hydrogen) atoms. The fourth-order valence-electron chi connectivity index (χ4n) is 2.76. The van der Waals surface area contributed by atoms with Gasteiger partial charge in [0.25, 0.3) is 0 Å². The molecular formula is C15H23ClN3O3S+. The molecule has 1 fully saturated rings. The normalized spacial score (nSPS) is 17.8. The molecule has 1 aromatic carbocycles. The second-order valence-corrected chi connectivity index (χ2v) is 8.29. The number of likely N-dealkylation sites (N-methyl/N-ethyl adjacent to an activating group) is 1. The van der Waals surface area contributed by atoms with Crippen LogP contribution in [-0.4, -0.2) is 64.7 Å². The summed E-state index contributed by atoms with van der Waals surface area (Å²) in [5.41, 5.74) is 0.442. The Morgan fingerprint density at radius 2 is 1.78 bits per heavy atom. The third kappa shape index (κ3) is 4.37. The van der Waals surface area contributed by atoms with Crippen LogP contribution in [0.25, 0.3) is 0 Å². The van der Waals surface area contributed by atoms with Crippen molar-refractivity contribution in [1.29, 1.82) is 0 Å². The highest BCUT2D eigenvalue weighted by Gasteiger charge is 2.33. The number of sulfonamides is 1. The second kappa shape index (κ2) is 7.07. The highest BCUT2D eigenvalue weighted by Crippen LogP contribution is 2.23. The Bertz CT molecular complexity index is 655. The number of nitrogens with zero attached hydrogens (tertiary/aromatic N) is 2. The fraction of sp³-hybridized carbons (Fsp3) is 0.533. The first-order chi connectivity index (χ1) is 10.7. The zero-order valence-corrected chi connectivity index (χ0v) is 15.2. The lowest BCUT2D eigenvalue weighted by molar-refractivity contribution is -0.883. The van der Waals surface area contributed by atoms with Crippen molar-refractivity contribution in [2.45, 2.75) is 13.0 Å². The molecule has 1 N–H and O–H groups in total. The quantitative estimate of drug-likeness (QED) is 0.812. The number of rotatable bonds is 4. The Morgan fingerprint density at radius 1 is 1.26 bits per heavy atom. The van der Waals surface area contributed by atoms with E-state index in [4.69, 9.17) is 11.6 Å². The molecule has 1 aliphatic heterocycles. The number of piperazine rings is 1. The Hall–Kier alpha value is -1.31. The SMILES string of the molecule is C[C@H](C(=O)N1CC[NH+](C)CC1)N(c1ccc(Cl)cc1)S(C)(=O)=O. The van der Waals surface area contributed by atoms with Crippen molar-refractivity contribution in [3.05, 3.63) is 29.3 Å². The summed E-state index contributed by atoms with van der Waals surface area (Å²) < 4.78 is 25.6. The van der Waals surface area contributed by atoms with Gasteiger partial charge in [-0.3, -0.25) is 9.10 Å². The van der Waals surface area contributed by atoms with Gasteiger partial charge in [0.05, 0.1) is 45.2 Å². The third-order valence-corrected chi connectivity index (χ3v) is 5.57. The first kappa shape index (κ1) is 18.0. The van der Waals surface area contributed by atoms with Gasteiger partial charge in [0.2, 0.25) is 15.9 Å². The van der Waals surface area contributed by atoms with E-state index in [-0.39, 0.29) is 5.91 Å². The fourth-order valence-corrected chi connectivity index (χ4v) is 4.06. The van der Waals surface area contributed by atoms with Gasteiger partial charge >= 0.3 is 0 Å². The minimum Gasteiger partial charge on any atom is -0.334 e. The number of benzene rings is 1. The molecule has 0 aliphatic carbocycles. The van der Waals surface area contributed by atoms with Crippen molar-refractivity contribution in [2.24, 2.45) is 0 Å². The van der Waals surface area contributed by atoms with E-state index in [0.29, 0.717) is 23.8 Å². The van der Waals surface area contributed by atoms with Crippen LogP contribution in [0.4, 0.5) is 5.69 Å². The van der Waals surface area contributed by atoms with Gasteiger partial charge in [0, 0.05) is 5.02 Å². The lowest BCUT2D eigenvalue weighted by atomic mass is 10.2. The summed E-state index contributed by atoms with van der Waals surface area (Å²) >= 11 is 5.86. The molecule has 2 rings (SSSR count). The average molecular weight is 361 g/mol. The molecule has 1 saturated heterocycles. The van der Waals surface area contributed by atoms with Crippen molar-refractivity contribution in [2.75, 3.05) is 43.8 Å². The Morgan fingerprint density at radius 3 is 2.26 bits per heavy atom. The lowest BCUT2D eigenvalue weighted by Gasteiger charge is -2.35. The molecule has 0 unspecified atom stereocenters. The Kier molecular flexibility index (Phi) is 5.54. The van der Waals surface area contributed by atoms with Crippen molar-refractivity contribution >= 4 is 33.2 Å². The molecule has 1 atom stereocenters. The number of halogens is 1. The van der Waals surface area contributed by atoms with Crippen molar-refractivity contribution in [3.8, 4) is 0 Å². The van der Waals surface area contributed by atoms with E-state index in [1.54, 1.807) is 36.1 Å². The van der Waals surface area contributed by atoms with E-state index in [1.165, 1.54) is 4.90 Å². The van der Waals surface area contributed by atoms with Gasteiger partial charge in [-0.1, -0.05) is 11.6 Å². The lowest BCUT2D eigenvalue weighted by Crippen LogP contribution is -3.12. The maximum absolute atomic E-state index is 12.7. The van der Waals surface area contributed by atoms with Crippen LogP contribution in [0, 0.1) is 0 Å². The van der Waals surface area contributed by atoms with Gasteiger partial charge in [-0.25, -0.2) is 8.42 Å². The van der Waals surface area contributed by atoms with E-state index in [0.717, 1.165) is 23.7 Å². The first-order valence-corrected chi connectivity index (χ1v) is 9.78. The van der Waals surface area contributed by atoms with Crippen molar-refractivity contribution < 1.29 is 18.1 Å². The van der Waals surface area contributed by atoms with Crippen LogP contribution in [0.5, 0.6) is 0 Å². The molecule has 0 aromatic heterocycles. The van der Waals surface area contributed by atoms with E-state index >= 15 is 0 Å². The first-order valence-electron chi connectivity index (χ1n) is 7.55. The molecule has 1 amide bonds. The van der Waals surface area contributed by atoms with E-state index in [9.17, 15) is 13.2 Å². The van der Waals surface area contributed by atoms with Crippen LogP contribution in [-0.2, 0) is 14.8 Å².